The van der Waals surface area contributed by atoms with Crippen LogP contribution in [0, 0.1) is 10.8 Å². The SMILES string of the molecule is CCCCOc1ccc(C2(c3ccc(OC)cc3)C=Cc3c4c(c5cc(OC)c(OC)cc5c3O2)-c2ccc(C(F)(F)F)cc2C42CC(C)(C)CC(C)(C)C2)cc1. The van der Waals surface area contributed by atoms with Gasteiger partial charge in [-0.2, -0.15) is 13.2 Å². The second kappa shape index (κ2) is 13.8. The molecule has 1 fully saturated rings. The topological polar surface area (TPSA) is 46.2 Å². The molecule has 1 spiro atoms. The molecule has 8 rings (SSSR count). The molecule has 298 valence electrons. The molecule has 0 saturated heterocycles. The molecule has 1 aliphatic heterocycles. The van der Waals surface area contributed by atoms with Gasteiger partial charge in [0.1, 0.15) is 17.2 Å². The van der Waals surface area contributed by atoms with Crippen LogP contribution in [0.2, 0.25) is 0 Å². The van der Waals surface area contributed by atoms with Crippen LogP contribution in [0.1, 0.15) is 100 Å². The fourth-order valence-corrected chi connectivity index (χ4v) is 10.6. The Balaban J connectivity index is 1.46. The molecule has 0 bridgehead atoms. The molecule has 57 heavy (non-hydrogen) atoms. The van der Waals surface area contributed by atoms with Gasteiger partial charge in [-0.3, -0.25) is 0 Å². The summed E-state index contributed by atoms with van der Waals surface area (Å²) in [5.41, 5.74) is 3.26. The molecule has 5 aromatic rings. The van der Waals surface area contributed by atoms with E-state index in [-0.39, 0.29) is 10.8 Å². The van der Waals surface area contributed by atoms with Gasteiger partial charge in [0.25, 0.3) is 0 Å². The van der Waals surface area contributed by atoms with Gasteiger partial charge in [0, 0.05) is 27.5 Å². The summed E-state index contributed by atoms with van der Waals surface area (Å²) in [5, 5.41) is 1.61. The van der Waals surface area contributed by atoms with Crippen LogP contribution in [0.15, 0.2) is 84.9 Å². The van der Waals surface area contributed by atoms with Crippen LogP contribution in [-0.2, 0) is 17.2 Å². The van der Waals surface area contributed by atoms with E-state index < -0.39 is 22.8 Å². The maximum Gasteiger partial charge on any atom is 0.416 e. The van der Waals surface area contributed by atoms with E-state index in [0.29, 0.717) is 42.4 Å². The Morgan fingerprint density at radius 3 is 1.86 bits per heavy atom. The molecule has 0 amide bonds. The fourth-order valence-electron chi connectivity index (χ4n) is 10.6. The molecule has 0 aromatic heterocycles. The van der Waals surface area contributed by atoms with E-state index in [1.165, 1.54) is 12.1 Å². The average molecular weight is 777 g/mol. The number of hydrogen-bond acceptors (Lipinski definition) is 5. The van der Waals surface area contributed by atoms with Crippen LogP contribution in [0.25, 0.3) is 28.0 Å². The quantitative estimate of drug-likeness (QED) is 0.140. The van der Waals surface area contributed by atoms with Crippen molar-refractivity contribution in [3.05, 3.63) is 118 Å². The third-order valence-electron chi connectivity index (χ3n) is 12.2. The number of benzene rings is 5. The fraction of sp³-hybridized carbons (Fsp3) is 0.388. The van der Waals surface area contributed by atoms with Gasteiger partial charge in [0.15, 0.2) is 17.1 Å². The Hall–Kier alpha value is -5.11. The summed E-state index contributed by atoms with van der Waals surface area (Å²) in [4.78, 5) is 0. The van der Waals surface area contributed by atoms with Crippen LogP contribution in [0.4, 0.5) is 13.2 Å². The summed E-state index contributed by atoms with van der Waals surface area (Å²) in [6, 6.07) is 24.2. The lowest BCUT2D eigenvalue weighted by Gasteiger charge is -2.52. The Kier molecular flexibility index (Phi) is 9.36. The molecule has 1 saturated carbocycles. The molecule has 0 N–H and O–H groups in total. The predicted molar refractivity (Wildman–Crippen MR) is 220 cm³/mol. The van der Waals surface area contributed by atoms with Gasteiger partial charge in [-0.1, -0.05) is 77.4 Å². The van der Waals surface area contributed by atoms with Crippen LogP contribution >= 0.6 is 0 Å². The zero-order valence-electron chi connectivity index (χ0n) is 34.1. The third-order valence-corrected chi connectivity index (χ3v) is 12.2. The van der Waals surface area contributed by atoms with Crippen LogP contribution in [0.5, 0.6) is 28.7 Å². The Morgan fingerprint density at radius 2 is 1.30 bits per heavy atom. The molecule has 8 heteroatoms. The van der Waals surface area contributed by atoms with Gasteiger partial charge >= 0.3 is 6.18 Å². The van der Waals surface area contributed by atoms with Gasteiger partial charge < -0.3 is 23.7 Å². The number of halogens is 3. The highest BCUT2D eigenvalue weighted by Gasteiger charge is 2.56. The molecular weight excluding hydrogens is 726 g/mol. The number of rotatable bonds is 9. The predicted octanol–water partition coefficient (Wildman–Crippen LogP) is 12.9. The number of unbranched alkanes of at least 4 members (excludes halogenated alkanes) is 1. The molecule has 1 unspecified atom stereocenters. The molecule has 0 radical (unpaired) electrons. The zero-order valence-corrected chi connectivity index (χ0v) is 34.1. The zero-order chi connectivity index (χ0) is 40.5. The smallest absolute Gasteiger partial charge is 0.416 e. The summed E-state index contributed by atoms with van der Waals surface area (Å²) in [7, 11) is 4.84. The van der Waals surface area contributed by atoms with Gasteiger partial charge in [-0.15, -0.1) is 0 Å². The van der Waals surface area contributed by atoms with Crippen molar-refractivity contribution in [1.29, 1.82) is 0 Å². The van der Waals surface area contributed by atoms with Crippen molar-refractivity contribution in [2.75, 3.05) is 27.9 Å². The minimum atomic E-state index is -4.50. The van der Waals surface area contributed by atoms with Gasteiger partial charge in [0.05, 0.1) is 33.5 Å². The van der Waals surface area contributed by atoms with E-state index in [4.69, 9.17) is 23.7 Å². The molecule has 1 heterocycles. The van der Waals surface area contributed by atoms with Crippen molar-refractivity contribution >= 4 is 16.8 Å². The van der Waals surface area contributed by atoms with Gasteiger partial charge in [-0.05, 0) is 119 Å². The van der Waals surface area contributed by atoms with E-state index >= 15 is 0 Å². The van der Waals surface area contributed by atoms with E-state index in [1.807, 2.05) is 60.7 Å². The van der Waals surface area contributed by atoms with Crippen molar-refractivity contribution in [1.82, 2.24) is 0 Å². The Labute approximate surface area is 333 Å². The second-order valence-corrected chi connectivity index (χ2v) is 17.6. The van der Waals surface area contributed by atoms with Crippen molar-refractivity contribution < 1.29 is 36.9 Å². The first kappa shape index (κ1) is 38.7. The monoisotopic (exact) mass is 776 g/mol. The highest BCUT2D eigenvalue weighted by Crippen LogP contribution is 2.67. The molecule has 5 nitrogen and oxygen atoms in total. The molecule has 3 aliphatic rings. The van der Waals surface area contributed by atoms with Crippen molar-refractivity contribution in [3.8, 4) is 39.9 Å². The minimum Gasteiger partial charge on any atom is -0.497 e. The second-order valence-electron chi connectivity index (χ2n) is 17.6. The minimum absolute atomic E-state index is 0.179. The first-order valence-electron chi connectivity index (χ1n) is 19.8. The standard InChI is InChI=1S/C49H51F3O5/c1-9-10-23-56-34-18-13-31(14-19-34)48(30-11-16-33(53-6)17-12-30)22-21-36-43-42(37-25-40(54-7)41(55-8)26-38(37)44(36)57-48)35-20-15-32(49(50,51)52)24-39(35)47(43)28-45(2,3)27-46(4,5)29-47/h11-22,24-26H,9-10,23,27-29H2,1-8H3. The van der Waals surface area contributed by atoms with Crippen LogP contribution in [0.3, 0.4) is 0 Å². The maximum atomic E-state index is 14.6. The molecule has 5 aromatic carbocycles. The normalized spacial score (nSPS) is 19.7. The highest BCUT2D eigenvalue weighted by atomic mass is 19.4. The lowest BCUT2D eigenvalue weighted by atomic mass is 9.52. The van der Waals surface area contributed by atoms with E-state index in [2.05, 4.69) is 46.8 Å². The summed E-state index contributed by atoms with van der Waals surface area (Å²) < 4.78 is 74.9. The first-order chi connectivity index (χ1) is 27.1. The maximum absolute atomic E-state index is 14.6. The van der Waals surface area contributed by atoms with Crippen molar-refractivity contribution in [2.24, 2.45) is 10.8 Å². The number of fused-ring (bicyclic) bond motifs is 10. The number of alkyl halides is 3. The van der Waals surface area contributed by atoms with E-state index in [9.17, 15) is 13.2 Å². The van der Waals surface area contributed by atoms with Gasteiger partial charge in [0.2, 0.25) is 0 Å². The van der Waals surface area contributed by atoms with Crippen molar-refractivity contribution in [3.63, 3.8) is 0 Å². The largest absolute Gasteiger partial charge is 0.497 e. The Bertz CT molecular complexity index is 2360. The Morgan fingerprint density at radius 1 is 0.702 bits per heavy atom. The molecule has 2 aliphatic carbocycles. The average Bonchev–Trinajstić information content (AvgIpc) is 3.43. The van der Waals surface area contributed by atoms with Crippen LogP contribution in [-0.4, -0.2) is 27.9 Å². The molecule has 1 atom stereocenters. The van der Waals surface area contributed by atoms with E-state index in [1.54, 1.807) is 27.4 Å². The first-order valence-corrected chi connectivity index (χ1v) is 19.8. The summed E-state index contributed by atoms with van der Waals surface area (Å²) >= 11 is 0. The van der Waals surface area contributed by atoms with Crippen LogP contribution < -0.4 is 23.7 Å². The van der Waals surface area contributed by atoms with Gasteiger partial charge in [-0.25, -0.2) is 0 Å². The van der Waals surface area contributed by atoms with E-state index in [0.717, 1.165) is 74.7 Å². The van der Waals surface area contributed by atoms with Crippen molar-refractivity contribution in [2.45, 2.75) is 83.9 Å². The summed E-state index contributed by atoms with van der Waals surface area (Å²) in [5.74, 6) is 3.18. The molecular formula is C49H51F3O5. The number of hydrogen-bond donors (Lipinski definition) is 0. The lowest BCUT2D eigenvalue weighted by molar-refractivity contribution is -0.137. The summed E-state index contributed by atoms with van der Waals surface area (Å²) in [6.45, 7) is 11.8. The number of methoxy groups -OCH3 is 3. The summed E-state index contributed by atoms with van der Waals surface area (Å²) in [6.07, 6.45) is 4.04. The third kappa shape index (κ3) is 6.40. The highest BCUT2D eigenvalue weighted by molar-refractivity contribution is 6.09. The number of ether oxygens (including phenoxy) is 5. The lowest BCUT2D eigenvalue weighted by Crippen LogP contribution is -2.44.